The number of amides is 1. The molecule has 0 unspecified atom stereocenters. The van der Waals surface area contributed by atoms with E-state index in [9.17, 15) is 4.79 Å². The average Bonchev–Trinajstić information content (AvgIpc) is 3.21. The Kier molecular flexibility index (Phi) is 12.0. The number of guanidine groups is 1. The number of methoxy groups -OCH3 is 1. The minimum atomic E-state index is 0. The molecule has 3 rings (SSSR count). The SMILES string of the molecule is CCNC(=NCc1ccc(CN2CCCC2=O)cc1)Nc1cccc(OCCCOC)c1.I. The number of nitrogens with zero attached hydrogens (tertiary/aromatic N) is 2. The third-order valence-electron chi connectivity index (χ3n) is 5.19. The first-order chi connectivity index (χ1) is 15.7. The number of nitrogens with one attached hydrogen (secondary N) is 2. The third kappa shape index (κ3) is 9.21. The van der Waals surface area contributed by atoms with Crippen LogP contribution < -0.4 is 15.4 Å². The Morgan fingerprint density at radius 3 is 2.61 bits per heavy atom. The smallest absolute Gasteiger partial charge is 0.222 e. The van der Waals surface area contributed by atoms with Gasteiger partial charge in [-0.25, -0.2) is 4.99 Å². The lowest BCUT2D eigenvalue weighted by Gasteiger charge is -2.15. The Balaban J connectivity index is 0.00000385. The van der Waals surface area contributed by atoms with Crippen molar-refractivity contribution in [3.8, 4) is 5.75 Å². The molecule has 0 saturated carbocycles. The van der Waals surface area contributed by atoms with Gasteiger partial charge in [-0.2, -0.15) is 0 Å². The number of halogens is 1. The summed E-state index contributed by atoms with van der Waals surface area (Å²) in [6.45, 7) is 6.23. The molecule has 1 aliphatic heterocycles. The zero-order valence-electron chi connectivity index (χ0n) is 19.5. The molecule has 1 saturated heterocycles. The molecule has 0 aromatic heterocycles. The molecule has 180 valence electrons. The van der Waals surface area contributed by atoms with E-state index in [1.165, 1.54) is 0 Å². The molecule has 2 aromatic carbocycles. The highest BCUT2D eigenvalue weighted by atomic mass is 127. The molecule has 0 radical (unpaired) electrons. The van der Waals surface area contributed by atoms with Gasteiger partial charge in [0.15, 0.2) is 5.96 Å². The molecule has 2 aromatic rings. The van der Waals surface area contributed by atoms with Crippen molar-refractivity contribution < 1.29 is 14.3 Å². The van der Waals surface area contributed by atoms with E-state index in [4.69, 9.17) is 14.5 Å². The Hall–Kier alpha value is -2.33. The molecular formula is C25H35IN4O3. The van der Waals surface area contributed by atoms with Crippen LogP contribution in [-0.2, 0) is 22.6 Å². The fourth-order valence-corrected chi connectivity index (χ4v) is 3.51. The average molecular weight is 566 g/mol. The van der Waals surface area contributed by atoms with Crippen LogP contribution in [-0.4, -0.2) is 50.2 Å². The van der Waals surface area contributed by atoms with Crippen LogP contribution in [0.1, 0.15) is 37.3 Å². The molecule has 7 nitrogen and oxygen atoms in total. The maximum absolute atomic E-state index is 11.8. The lowest BCUT2D eigenvalue weighted by Crippen LogP contribution is -2.30. The molecule has 0 aliphatic carbocycles. The first-order valence-electron chi connectivity index (χ1n) is 11.3. The number of aliphatic imine (C=N–C) groups is 1. The minimum absolute atomic E-state index is 0. The maximum atomic E-state index is 11.8. The van der Waals surface area contributed by atoms with Crippen LogP contribution in [0.2, 0.25) is 0 Å². The van der Waals surface area contributed by atoms with Gasteiger partial charge in [-0.05, 0) is 36.6 Å². The fourth-order valence-electron chi connectivity index (χ4n) is 3.51. The second-order valence-corrected chi connectivity index (χ2v) is 7.78. The van der Waals surface area contributed by atoms with Crippen LogP contribution in [0.25, 0.3) is 0 Å². The van der Waals surface area contributed by atoms with Crippen LogP contribution in [0.5, 0.6) is 5.75 Å². The van der Waals surface area contributed by atoms with Crippen molar-refractivity contribution in [1.29, 1.82) is 0 Å². The summed E-state index contributed by atoms with van der Waals surface area (Å²) in [6.07, 6.45) is 2.50. The van der Waals surface area contributed by atoms with Crippen molar-refractivity contribution in [2.45, 2.75) is 39.3 Å². The number of rotatable bonds is 11. The van der Waals surface area contributed by atoms with Crippen molar-refractivity contribution in [2.24, 2.45) is 4.99 Å². The van der Waals surface area contributed by atoms with E-state index in [-0.39, 0.29) is 29.9 Å². The summed E-state index contributed by atoms with van der Waals surface area (Å²) < 4.78 is 10.8. The van der Waals surface area contributed by atoms with E-state index in [1.54, 1.807) is 7.11 Å². The quantitative estimate of drug-likeness (QED) is 0.182. The molecule has 0 spiro atoms. The summed E-state index contributed by atoms with van der Waals surface area (Å²) >= 11 is 0. The molecule has 33 heavy (non-hydrogen) atoms. The van der Waals surface area contributed by atoms with Crippen LogP contribution >= 0.6 is 24.0 Å². The van der Waals surface area contributed by atoms with Crippen molar-refractivity contribution in [3.05, 3.63) is 59.7 Å². The molecule has 1 amide bonds. The molecule has 0 atom stereocenters. The van der Waals surface area contributed by atoms with Gasteiger partial charge in [0, 0.05) is 57.9 Å². The van der Waals surface area contributed by atoms with Crippen molar-refractivity contribution >= 4 is 41.5 Å². The molecule has 1 aliphatic rings. The lowest BCUT2D eigenvalue weighted by molar-refractivity contribution is -0.128. The first kappa shape index (κ1) is 26.9. The number of anilines is 1. The number of ether oxygens (including phenoxy) is 2. The molecular weight excluding hydrogens is 531 g/mol. The Morgan fingerprint density at radius 2 is 1.91 bits per heavy atom. The first-order valence-corrected chi connectivity index (χ1v) is 11.3. The zero-order chi connectivity index (χ0) is 22.6. The summed E-state index contributed by atoms with van der Waals surface area (Å²) in [6, 6.07) is 16.2. The number of hydrogen-bond acceptors (Lipinski definition) is 4. The number of carbonyl (C=O) groups is 1. The van der Waals surface area contributed by atoms with Crippen LogP contribution in [0.3, 0.4) is 0 Å². The van der Waals surface area contributed by atoms with E-state index in [2.05, 4.69) is 34.9 Å². The van der Waals surface area contributed by atoms with Gasteiger partial charge in [-0.1, -0.05) is 30.3 Å². The molecule has 8 heteroatoms. The van der Waals surface area contributed by atoms with E-state index in [0.29, 0.717) is 32.7 Å². The predicted molar refractivity (Wildman–Crippen MR) is 143 cm³/mol. The largest absolute Gasteiger partial charge is 0.493 e. The van der Waals surface area contributed by atoms with Crippen LogP contribution in [0.4, 0.5) is 5.69 Å². The van der Waals surface area contributed by atoms with Gasteiger partial charge in [0.25, 0.3) is 0 Å². The summed E-state index contributed by atoms with van der Waals surface area (Å²) in [5, 5.41) is 6.63. The molecule has 2 N–H and O–H groups in total. The van der Waals surface area contributed by atoms with Gasteiger partial charge in [-0.3, -0.25) is 4.79 Å². The van der Waals surface area contributed by atoms with Crippen LogP contribution in [0, 0.1) is 0 Å². The standard InChI is InChI=1S/C25H34N4O3.HI/c1-3-26-25(28-22-7-4-8-23(17-22)32-16-6-15-31-2)27-18-20-10-12-21(13-11-20)19-29-14-5-9-24(29)30;/h4,7-8,10-13,17H,3,5-6,9,14-16,18-19H2,1-2H3,(H2,26,27,28);1H. The Labute approximate surface area is 214 Å². The maximum Gasteiger partial charge on any atom is 0.222 e. The van der Waals surface area contributed by atoms with Crippen LogP contribution in [0.15, 0.2) is 53.5 Å². The molecule has 0 bridgehead atoms. The van der Waals surface area contributed by atoms with Crippen molar-refractivity contribution in [1.82, 2.24) is 10.2 Å². The Morgan fingerprint density at radius 1 is 1.12 bits per heavy atom. The number of hydrogen-bond donors (Lipinski definition) is 2. The number of carbonyl (C=O) groups excluding carboxylic acids is 1. The second-order valence-electron chi connectivity index (χ2n) is 7.78. The number of likely N-dealkylation sites (tertiary alicyclic amines) is 1. The molecule has 1 fully saturated rings. The monoisotopic (exact) mass is 566 g/mol. The summed E-state index contributed by atoms with van der Waals surface area (Å²) in [5.41, 5.74) is 3.19. The topological polar surface area (TPSA) is 75.2 Å². The van der Waals surface area contributed by atoms with Gasteiger partial charge < -0.3 is 25.0 Å². The van der Waals surface area contributed by atoms with Crippen molar-refractivity contribution in [3.63, 3.8) is 0 Å². The lowest BCUT2D eigenvalue weighted by atomic mass is 10.1. The van der Waals surface area contributed by atoms with Gasteiger partial charge in [0.1, 0.15) is 5.75 Å². The van der Waals surface area contributed by atoms with Gasteiger partial charge in [0.05, 0.1) is 13.2 Å². The zero-order valence-corrected chi connectivity index (χ0v) is 21.8. The highest BCUT2D eigenvalue weighted by Crippen LogP contribution is 2.18. The summed E-state index contributed by atoms with van der Waals surface area (Å²) in [5.74, 6) is 1.79. The van der Waals surface area contributed by atoms with Crippen molar-refractivity contribution in [2.75, 3.05) is 38.7 Å². The highest BCUT2D eigenvalue weighted by Gasteiger charge is 2.19. The Bertz CT molecular complexity index is 889. The third-order valence-corrected chi connectivity index (χ3v) is 5.19. The van der Waals surface area contributed by atoms with Gasteiger partial charge in [-0.15, -0.1) is 24.0 Å². The predicted octanol–water partition coefficient (Wildman–Crippen LogP) is 4.42. The normalized spacial score (nSPS) is 13.6. The number of benzene rings is 2. The molecule has 1 heterocycles. The fraction of sp³-hybridized carbons (Fsp3) is 0.440. The summed E-state index contributed by atoms with van der Waals surface area (Å²) in [7, 11) is 1.69. The van der Waals surface area contributed by atoms with E-state index in [0.717, 1.165) is 54.5 Å². The second kappa shape index (κ2) is 14.7. The van der Waals surface area contributed by atoms with Gasteiger partial charge in [0.2, 0.25) is 5.91 Å². The minimum Gasteiger partial charge on any atom is -0.493 e. The van der Waals surface area contributed by atoms with Gasteiger partial charge >= 0.3 is 0 Å². The summed E-state index contributed by atoms with van der Waals surface area (Å²) in [4.78, 5) is 18.5. The van der Waals surface area contributed by atoms with E-state index < -0.39 is 0 Å². The van der Waals surface area contributed by atoms with E-state index >= 15 is 0 Å². The highest BCUT2D eigenvalue weighted by molar-refractivity contribution is 14.0. The van der Waals surface area contributed by atoms with E-state index in [1.807, 2.05) is 36.1 Å².